The van der Waals surface area contributed by atoms with Crippen molar-refractivity contribution in [2.75, 3.05) is 12.0 Å². The second-order valence-corrected chi connectivity index (χ2v) is 2.74. The van der Waals surface area contributed by atoms with Gasteiger partial charge in [-0.25, -0.2) is 8.75 Å². The first kappa shape index (κ1) is 7.23. The van der Waals surface area contributed by atoms with E-state index in [4.69, 9.17) is 5.11 Å². The lowest BCUT2D eigenvalue weighted by Gasteiger charge is -1.90. The highest BCUT2D eigenvalue weighted by Gasteiger charge is 1.98. The molecule has 0 radical (unpaired) electrons. The van der Waals surface area contributed by atoms with E-state index in [2.05, 4.69) is 10.3 Å². The molecular weight excluding hydrogens is 154 g/mol. The molecule has 0 fully saturated rings. The minimum atomic E-state index is -0.305. The number of hydrogen-bond acceptors (Lipinski definition) is 5. The maximum Gasteiger partial charge on any atom is 0.359 e. The average molecular weight is 161 g/mol. The lowest BCUT2D eigenvalue weighted by Crippen LogP contribution is -2.10. The van der Waals surface area contributed by atoms with Gasteiger partial charge >= 0.3 is 5.69 Å². The fourth-order valence-corrected chi connectivity index (χ4v) is 1.11. The molecule has 0 aliphatic carbocycles. The highest BCUT2D eigenvalue weighted by molar-refractivity contribution is 7.10. The van der Waals surface area contributed by atoms with Gasteiger partial charge in [0.15, 0.2) is 0 Å². The van der Waals surface area contributed by atoms with Crippen molar-refractivity contribution in [3.05, 3.63) is 10.5 Å². The van der Waals surface area contributed by atoms with Gasteiger partial charge in [-0.3, -0.25) is 0 Å². The first-order valence-corrected chi connectivity index (χ1v) is 3.40. The average Bonchev–Trinajstić information content (AvgIpc) is 2.14. The Balaban J connectivity index is 2.88. The summed E-state index contributed by atoms with van der Waals surface area (Å²) < 4.78 is 1.37. The highest BCUT2D eigenvalue weighted by atomic mass is 32.1. The number of aliphatic hydroxyl groups excluding tert-OH is 1. The SMILES string of the molecule is Cn1sc(NCO)nc1=O. The van der Waals surface area contributed by atoms with Crippen LogP contribution < -0.4 is 11.0 Å². The fourth-order valence-electron chi connectivity index (χ4n) is 0.486. The molecule has 0 aromatic carbocycles. The van der Waals surface area contributed by atoms with Crippen molar-refractivity contribution >= 4 is 16.7 Å². The first-order valence-electron chi connectivity index (χ1n) is 2.63. The van der Waals surface area contributed by atoms with Gasteiger partial charge in [0.05, 0.1) is 0 Å². The molecule has 0 saturated heterocycles. The summed E-state index contributed by atoms with van der Waals surface area (Å²) in [6, 6.07) is 0. The maximum absolute atomic E-state index is 10.7. The fraction of sp³-hybridized carbons (Fsp3) is 0.500. The predicted octanol–water partition coefficient (Wildman–Crippen LogP) is -0.797. The van der Waals surface area contributed by atoms with E-state index in [1.54, 1.807) is 7.05 Å². The summed E-state index contributed by atoms with van der Waals surface area (Å²) in [6.45, 7) is -0.201. The largest absolute Gasteiger partial charge is 0.377 e. The molecular formula is C4H7N3O2S. The summed E-state index contributed by atoms with van der Waals surface area (Å²) in [4.78, 5) is 14.2. The molecule has 0 bridgehead atoms. The normalized spacial score (nSPS) is 9.80. The molecule has 0 atom stereocenters. The van der Waals surface area contributed by atoms with Crippen LogP contribution in [0.15, 0.2) is 4.79 Å². The van der Waals surface area contributed by atoms with E-state index in [0.717, 1.165) is 11.5 Å². The standard InChI is InChI=1S/C4H7N3O2S/c1-7-4(9)6-3(10-7)5-2-8/h8H,2H2,1H3,(H,5,6,9). The number of anilines is 1. The van der Waals surface area contributed by atoms with Crippen molar-refractivity contribution < 1.29 is 5.11 Å². The smallest absolute Gasteiger partial charge is 0.359 e. The van der Waals surface area contributed by atoms with Crippen LogP contribution in [0.3, 0.4) is 0 Å². The molecule has 1 rings (SSSR count). The van der Waals surface area contributed by atoms with Crippen LogP contribution in [0.1, 0.15) is 0 Å². The predicted molar refractivity (Wildman–Crippen MR) is 38.1 cm³/mol. The van der Waals surface area contributed by atoms with Crippen molar-refractivity contribution in [3.8, 4) is 0 Å². The summed E-state index contributed by atoms with van der Waals surface area (Å²) in [6.07, 6.45) is 0. The topological polar surface area (TPSA) is 67.2 Å². The number of hydrogen-bond donors (Lipinski definition) is 2. The van der Waals surface area contributed by atoms with Crippen molar-refractivity contribution in [2.24, 2.45) is 7.05 Å². The van der Waals surface area contributed by atoms with Gasteiger partial charge < -0.3 is 10.4 Å². The van der Waals surface area contributed by atoms with Crippen LogP contribution in [0.2, 0.25) is 0 Å². The van der Waals surface area contributed by atoms with Crippen molar-refractivity contribution in [1.82, 2.24) is 8.94 Å². The molecule has 56 valence electrons. The molecule has 1 heterocycles. The van der Waals surface area contributed by atoms with E-state index in [1.807, 2.05) is 0 Å². The zero-order valence-electron chi connectivity index (χ0n) is 5.37. The van der Waals surface area contributed by atoms with Crippen LogP contribution >= 0.6 is 11.5 Å². The Morgan fingerprint density at radius 3 is 3.00 bits per heavy atom. The molecule has 2 N–H and O–H groups in total. The van der Waals surface area contributed by atoms with Gasteiger partial charge in [-0.15, -0.1) is 0 Å². The molecule has 10 heavy (non-hydrogen) atoms. The number of aliphatic hydroxyl groups is 1. The van der Waals surface area contributed by atoms with E-state index >= 15 is 0 Å². The molecule has 1 aromatic heterocycles. The van der Waals surface area contributed by atoms with Crippen molar-refractivity contribution in [3.63, 3.8) is 0 Å². The van der Waals surface area contributed by atoms with Gasteiger partial charge in [-0.2, -0.15) is 4.98 Å². The Kier molecular flexibility index (Phi) is 2.03. The van der Waals surface area contributed by atoms with E-state index in [0.29, 0.717) is 5.13 Å². The third kappa shape index (κ3) is 1.34. The van der Waals surface area contributed by atoms with Gasteiger partial charge in [-0.05, 0) is 11.5 Å². The summed E-state index contributed by atoms with van der Waals surface area (Å²) >= 11 is 1.16. The summed E-state index contributed by atoms with van der Waals surface area (Å²) in [5.41, 5.74) is -0.305. The second-order valence-electron chi connectivity index (χ2n) is 1.62. The molecule has 0 aliphatic rings. The Morgan fingerprint density at radius 1 is 1.90 bits per heavy atom. The Hall–Kier alpha value is -0.880. The van der Waals surface area contributed by atoms with Gasteiger partial charge in [0.2, 0.25) is 5.13 Å². The van der Waals surface area contributed by atoms with Crippen LogP contribution in [0.5, 0.6) is 0 Å². The zero-order valence-corrected chi connectivity index (χ0v) is 6.18. The van der Waals surface area contributed by atoms with E-state index < -0.39 is 0 Å². The molecule has 0 aliphatic heterocycles. The molecule has 1 aromatic rings. The first-order chi connectivity index (χ1) is 4.74. The second kappa shape index (κ2) is 2.80. The number of nitrogens with zero attached hydrogens (tertiary/aromatic N) is 2. The van der Waals surface area contributed by atoms with Crippen LogP contribution in [0, 0.1) is 0 Å². The van der Waals surface area contributed by atoms with Crippen LogP contribution in [0.25, 0.3) is 0 Å². The highest BCUT2D eigenvalue weighted by Crippen LogP contribution is 2.04. The summed E-state index contributed by atoms with van der Waals surface area (Å²) in [5, 5.41) is 11.3. The van der Waals surface area contributed by atoms with Gasteiger partial charge in [0.1, 0.15) is 6.73 Å². The Bertz CT molecular complexity index is 266. The van der Waals surface area contributed by atoms with Crippen molar-refractivity contribution in [1.29, 1.82) is 0 Å². The third-order valence-electron chi connectivity index (χ3n) is 0.920. The quantitative estimate of drug-likeness (QED) is 0.557. The van der Waals surface area contributed by atoms with E-state index in [-0.39, 0.29) is 12.4 Å². The zero-order chi connectivity index (χ0) is 7.56. The number of nitrogens with one attached hydrogen (secondary N) is 1. The van der Waals surface area contributed by atoms with Crippen molar-refractivity contribution in [2.45, 2.75) is 0 Å². The lowest BCUT2D eigenvalue weighted by atomic mass is 11.0. The molecule has 6 heteroatoms. The van der Waals surface area contributed by atoms with Gasteiger partial charge in [-0.1, -0.05) is 0 Å². The minimum Gasteiger partial charge on any atom is -0.377 e. The maximum atomic E-state index is 10.7. The summed E-state index contributed by atoms with van der Waals surface area (Å²) in [5.74, 6) is 0. The number of rotatable bonds is 2. The third-order valence-corrected chi connectivity index (χ3v) is 1.76. The summed E-state index contributed by atoms with van der Waals surface area (Å²) in [7, 11) is 1.61. The lowest BCUT2D eigenvalue weighted by molar-refractivity contribution is 0.325. The molecule has 0 amide bonds. The van der Waals surface area contributed by atoms with E-state index in [1.165, 1.54) is 3.96 Å². The number of aromatic nitrogens is 2. The molecule has 5 nitrogen and oxygen atoms in total. The van der Waals surface area contributed by atoms with Gasteiger partial charge in [0, 0.05) is 7.05 Å². The Labute approximate surface area is 61.1 Å². The van der Waals surface area contributed by atoms with E-state index in [9.17, 15) is 4.79 Å². The molecule has 0 unspecified atom stereocenters. The molecule has 0 saturated carbocycles. The van der Waals surface area contributed by atoms with Crippen LogP contribution in [-0.4, -0.2) is 20.8 Å². The molecule has 0 spiro atoms. The van der Waals surface area contributed by atoms with Gasteiger partial charge in [0.25, 0.3) is 0 Å². The van der Waals surface area contributed by atoms with Crippen LogP contribution in [-0.2, 0) is 7.05 Å². The monoisotopic (exact) mass is 161 g/mol. The Morgan fingerprint density at radius 2 is 2.60 bits per heavy atom. The minimum absolute atomic E-state index is 0.201. The van der Waals surface area contributed by atoms with Crippen LogP contribution in [0.4, 0.5) is 5.13 Å². The number of aryl methyl sites for hydroxylation is 1.